The van der Waals surface area contributed by atoms with Crippen LogP contribution in [0.2, 0.25) is 0 Å². The average Bonchev–Trinajstić information content (AvgIpc) is 2.32. The molecule has 0 fully saturated rings. The quantitative estimate of drug-likeness (QED) is 0.696. The molecule has 0 aliphatic rings. The van der Waals surface area contributed by atoms with E-state index in [0.29, 0.717) is 13.2 Å². The van der Waals surface area contributed by atoms with Crippen molar-refractivity contribution in [2.24, 2.45) is 0 Å². The maximum Gasteiger partial charge on any atom is 0.242 e. The summed E-state index contributed by atoms with van der Waals surface area (Å²) in [7, 11) is 1.56. The van der Waals surface area contributed by atoms with Crippen LogP contribution >= 0.6 is 0 Å². The highest BCUT2D eigenvalue weighted by atomic mass is 19.1. The maximum atomic E-state index is 12.5. The summed E-state index contributed by atoms with van der Waals surface area (Å²) in [6.07, 6.45) is 2.07. The second kappa shape index (κ2) is 6.74. The Kier molecular flexibility index (Phi) is 5.28. The van der Waals surface area contributed by atoms with Gasteiger partial charge in [0.1, 0.15) is 6.04 Å². The van der Waals surface area contributed by atoms with Crippen LogP contribution in [0.5, 0.6) is 0 Å². The van der Waals surface area contributed by atoms with E-state index in [2.05, 4.69) is 20.6 Å². The summed E-state index contributed by atoms with van der Waals surface area (Å²) in [5, 5.41) is 5.41. The third-order valence-corrected chi connectivity index (χ3v) is 1.96. The number of halogens is 1. The van der Waals surface area contributed by atoms with Gasteiger partial charge in [-0.25, -0.2) is 14.4 Å². The zero-order valence-electron chi connectivity index (χ0n) is 9.74. The lowest BCUT2D eigenvalue weighted by Crippen LogP contribution is -2.39. The molecule has 94 valence electrons. The Bertz CT molecular complexity index is 358. The van der Waals surface area contributed by atoms with Gasteiger partial charge in [-0.3, -0.25) is 4.79 Å². The Balaban J connectivity index is 2.40. The van der Waals surface area contributed by atoms with Gasteiger partial charge < -0.3 is 15.4 Å². The monoisotopic (exact) mass is 242 g/mol. The molecular formula is C10H15FN4O2. The summed E-state index contributed by atoms with van der Waals surface area (Å²) in [4.78, 5) is 18.9. The number of amides is 1. The van der Waals surface area contributed by atoms with E-state index in [1.165, 1.54) is 0 Å². The molecule has 1 aromatic rings. The molecule has 1 heterocycles. The van der Waals surface area contributed by atoms with Crippen molar-refractivity contribution >= 4 is 11.9 Å². The van der Waals surface area contributed by atoms with Gasteiger partial charge in [0, 0.05) is 13.7 Å². The van der Waals surface area contributed by atoms with Gasteiger partial charge >= 0.3 is 0 Å². The number of rotatable bonds is 6. The zero-order valence-corrected chi connectivity index (χ0v) is 9.74. The molecule has 1 amide bonds. The third kappa shape index (κ3) is 4.73. The Morgan fingerprint density at radius 1 is 1.53 bits per heavy atom. The van der Waals surface area contributed by atoms with E-state index in [1.54, 1.807) is 14.0 Å². The number of nitrogens with one attached hydrogen (secondary N) is 2. The Morgan fingerprint density at radius 2 is 2.18 bits per heavy atom. The van der Waals surface area contributed by atoms with Gasteiger partial charge in [0.2, 0.25) is 11.9 Å². The number of hydrogen-bond acceptors (Lipinski definition) is 5. The summed E-state index contributed by atoms with van der Waals surface area (Å²) < 4.78 is 17.3. The molecule has 7 heteroatoms. The standard InChI is InChI=1S/C10H15FN4O2/c1-7(9(16)12-3-4-17-2)15-10-13-5-8(11)6-14-10/h5-7H,3-4H2,1-2H3,(H,12,16)(H,13,14,15). The van der Waals surface area contributed by atoms with E-state index in [4.69, 9.17) is 4.74 Å². The van der Waals surface area contributed by atoms with Gasteiger partial charge in [0.15, 0.2) is 5.82 Å². The van der Waals surface area contributed by atoms with E-state index < -0.39 is 11.9 Å². The number of anilines is 1. The normalized spacial score (nSPS) is 11.9. The number of ether oxygens (including phenoxy) is 1. The van der Waals surface area contributed by atoms with Crippen molar-refractivity contribution in [1.82, 2.24) is 15.3 Å². The number of nitrogens with zero attached hydrogens (tertiary/aromatic N) is 2. The molecule has 0 aromatic carbocycles. The maximum absolute atomic E-state index is 12.5. The van der Waals surface area contributed by atoms with Crippen LogP contribution in [-0.2, 0) is 9.53 Å². The predicted octanol–water partition coefficient (Wildman–Crippen LogP) is 0.179. The molecule has 1 rings (SSSR count). The number of aromatic nitrogens is 2. The van der Waals surface area contributed by atoms with Gasteiger partial charge in [-0.05, 0) is 6.92 Å². The van der Waals surface area contributed by atoms with Gasteiger partial charge in [-0.1, -0.05) is 0 Å². The van der Waals surface area contributed by atoms with Gasteiger partial charge in [-0.15, -0.1) is 0 Å². The lowest BCUT2D eigenvalue weighted by atomic mass is 10.3. The van der Waals surface area contributed by atoms with Crippen LogP contribution in [0.25, 0.3) is 0 Å². The molecule has 0 spiro atoms. The molecule has 0 radical (unpaired) electrons. The first-order chi connectivity index (χ1) is 8.13. The fraction of sp³-hybridized carbons (Fsp3) is 0.500. The highest BCUT2D eigenvalue weighted by Gasteiger charge is 2.12. The molecule has 1 atom stereocenters. The van der Waals surface area contributed by atoms with Crippen LogP contribution in [-0.4, -0.2) is 42.2 Å². The zero-order chi connectivity index (χ0) is 12.7. The van der Waals surface area contributed by atoms with Crippen LogP contribution in [0.15, 0.2) is 12.4 Å². The molecule has 0 bridgehead atoms. The molecule has 1 unspecified atom stereocenters. The number of hydrogen-bond donors (Lipinski definition) is 2. The first kappa shape index (κ1) is 13.3. The van der Waals surface area contributed by atoms with E-state index in [1.807, 2.05) is 0 Å². The van der Waals surface area contributed by atoms with Crippen molar-refractivity contribution < 1.29 is 13.9 Å². The third-order valence-electron chi connectivity index (χ3n) is 1.96. The second-order valence-electron chi connectivity index (χ2n) is 3.37. The fourth-order valence-corrected chi connectivity index (χ4v) is 1.08. The van der Waals surface area contributed by atoms with Crippen molar-refractivity contribution in [3.8, 4) is 0 Å². The molecule has 17 heavy (non-hydrogen) atoms. The lowest BCUT2D eigenvalue weighted by Gasteiger charge is -2.13. The second-order valence-corrected chi connectivity index (χ2v) is 3.37. The summed E-state index contributed by atoms with van der Waals surface area (Å²) in [6, 6.07) is -0.502. The van der Waals surface area contributed by atoms with Crippen molar-refractivity contribution in [1.29, 1.82) is 0 Å². The van der Waals surface area contributed by atoms with E-state index in [9.17, 15) is 9.18 Å². The fourth-order valence-electron chi connectivity index (χ4n) is 1.08. The summed E-state index contributed by atoms with van der Waals surface area (Å²) in [5.74, 6) is -0.511. The van der Waals surface area contributed by atoms with E-state index >= 15 is 0 Å². The van der Waals surface area contributed by atoms with Gasteiger partial charge in [-0.2, -0.15) is 0 Å². The lowest BCUT2D eigenvalue weighted by molar-refractivity contribution is -0.121. The smallest absolute Gasteiger partial charge is 0.242 e. The molecule has 6 nitrogen and oxygen atoms in total. The molecule has 0 aliphatic heterocycles. The summed E-state index contributed by atoms with van der Waals surface area (Å²) in [5.41, 5.74) is 0. The van der Waals surface area contributed by atoms with E-state index in [-0.39, 0.29) is 11.9 Å². The van der Waals surface area contributed by atoms with Crippen LogP contribution in [0.1, 0.15) is 6.92 Å². The van der Waals surface area contributed by atoms with Crippen molar-refractivity contribution in [2.45, 2.75) is 13.0 Å². The first-order valence-corrected chi connectivity index (χ1v) is 5.14. The first-order valence-electron chi connectivity index (χ1n) is 5.14. The molecule has 1 aromatic heterocycles. The van der Waals surface area contributed by atoms with Crippen LogP contribution in [0.3, 0.4) is 0 Å². The Hall–Kier alpha value is -1.76. The van der Waals surface area contributed by atoms with Gasteiger partial charge in [0.25, 0.3) is 0 Å². The summed E-state index contributed by atoms with van der Waals surface area (Å²) in [6.45, 7) is 2.55. The Morgan fingerprint density at radius 3 is 2.76 bits per heavy atom. The minimum atomic E-state index is -0.521. The summed E-state index contributed by atoms with van der Waals surface area (Å²) >= 11 is 0. The average molecular weight is 242 g/mol. The molecule has 0 saturated heterocycles. The molecule has 0 aliphatic carbocycles. The van der Waals surface area contributed by atoms with Gasteiger partial charge in [0.05, 0.1) is 19.0 Å². The SMILES string of the molecule is COCCNC(=O)C(C)Nc1ncc(F)cn1. The molecule has 2 N–H and O–H groups in total. The molecular weight excluding hydrogens is 227 g/mol. The van der Waals surface area contributed by atoms with Crippen molar-refractivity contribution in [3.63, 3.8) is 0 Å². The minimum Gasteiger partial charge on any atom is -0.383 e. The number of carbonyl (C=O) groups is 1. The Labute approximate surface area is 98.6 Å². The highest BCUT2D eigenvalue weighted by molar-refractivity contribution is 5.83. The predicted molar refractivity (Wildman–Crippen MR) is 60.0 cm³/mol. The largest absolute Gasteiger partial charge is 0.383 e. The number of methoxy groups -OCH3 is 1. The minimum absolute atomic E-state index is 0.199. The topological polar surface area (TPSA) is 76.1 Å². The van der Waals surface area contributed by atoms with Crippen molar-refractivity contribution in [2.75, 3.05) is 25.6 Å². The van der Waals surface area contributed by atoms with Crippen molar-refractivity contribution in [3.05, 3.63) is 18.2 Å². The molecule has 0 saturated carbocycles. The van der Waals surface area contributed by atoms with Crippen LogP contribution < -0.4 is 10.6 Å². The van der Waals surface area contributed by atoms with Crippen LogP contribution in [0.4, 0.5) is 10.3 Å². The van der Waals surface area contributed by atoms with Crippen LogP contribution in [0, 0.1) is 5.82 Å². The number of carbonyl (C=O) groups excluding carboxylic acids is 1. The van der Waals surface area contributed by atoms with E-state index in [0.717, 1.165) is 12.4 Å². The highest BCUT2D eigenvalue weighted by Crippen LogP contribution is 2.00.